The Labute approximate surface area is 243 Å². The molecular formula is C29H33BrFN3O5S. The molecule has 3 aromatic rings. The number of carbonyl (C=O) groups is 2. The third-order valence-corrected chi connectivity index (χ3v) is 8.79. The highest BCUT2D eigenvalue weighted by molar-refractivity contribution is 9.10. The molecule has 2 atom stereocenters. The molecule has 0 saturated carbocycles. The molecule has 3 aromatic carbocycles. The molecule has 0 aromatic heterocycles. The Hall–Kier alpha value is -3.44. The zero-order valence-corrected chi connectivity index (χ0v) is 25.2. The molecule has 0 aliphatic carbocycles. The predicted octanol–water partition coefficient (Wildman–Crippen LogP) is 5.12. The molecule has 0 heterocycles. The van der Waals surface area contributed by atoms with Gasteiger partial charge in [-0.15, -0.1) is 0 Å². The van der Waals surface area contributed by atoms with E-state index in [0.717, 1.165) is 26.5 Å². The minimum Gasteiger partial charge on any atom is -0.497 e. The van der Waals surface area contributed by atoms with Crippen LogP contribution < -0.4 is 14.4 Å². The van der Waals surface area contributed by atoms with Gasteiger partial charge in [0.15, 0.2) is 0 Å². The first-order valence-electron chi connectivity index (χ1n) is 12.7. The number of rotatable bonds is 12. The van der Waals surface area contributed by atoms with Gasteiger partial charge < -0.3 is 15.0 Å². The van der Waals surface area contributed by atoms with Crippen molar-refractivity contribution >= 4 is 43.5 Å². The number of halogens is 2. The second kappa shape index (κ2) is 13.8. The molecule has 0 bridgehead atoms. The summed E-state index contributed by atoms with van der Waals surface area (Å²) in [6.07, 6.45) is 0.706. The van der Waals surface area contributed by atoms with Crippen LogP contribution in [0.25, 0.3) is 0 Å². The lowest BCUT2D eigenvalue weighted by Crippen LogP contribution is -2.52. The smallest absolute Gasteiger partial charge is 0.264 e. The van der Waals surface area contributed by atoms with Gasteiger partial charge in [0.1, 0.15) is 24.2 Å². The molecule has 0 fully saturated rings. The molecule has 40 heavy (non-hydrogen) atoms. The predicted molar refractivity (Wildman–Crippen MR) is 156 cm³/mol. The van der Waals surface area contributed by atoms with Gasteiger partial charge in [-0.25, -0.2) is 12.8 Å². The molecule has 214 valence electrons. The Bertz CT molecular complexity index is 1400. The number of amides is 2. The molecule has 0 unspecified atom stereocenters. The number of methoxy groups -OCH3 is 1. The Morgan fingerprint density at radius 3 is 2.12 bits per heavy atom. The maximum absolute atomic E-state index is 13.9. The normalized spacial score (nSPS) is 12.8. The second-order valence-corrected chi connectivity index (χ2v) is 12.1. The van der Waals surface area contributed by atoms with Crippen LogP contribution in [0.5, 0.6) is 5.75 Å². The van der Waals surface area contributed by atoms with Crippen LogP contribution in [0.2, 0.25) is 0 Å². The number of ether oxygens (including phenoxy) is 1. The molecule has 11 heteroatoms. The van der Waals surface area contributed by atoms with E-state index in [9.17, 15) is 22.4 Å². The van der Waals surface area contributed by atoms with Crippen molar-refractivity contribution in [1.29, 1.82) is 0 Å². The Morgan fingerprint density at radius 1 is 0.975 bits per heavy atom. The lowest BCUT2D eigenvalue weighted by Gasteiger charge is -2.32. The van der Waals surface area contributed by atoms with E-state index in [-0.39, 0.29) is 29.1 Å². The number of anilines is 1. The van der Waals surface area contributed by atoms with Crippen molar-refractivity contribution in [1.82, 2.24) is 10.2 Å². The lowest BCUT2D eigenvalue weighted by atomic mass is 10.1. The minimum absolute atomic E-state index is 0.0705. The van der Waals surface area contributed by atoms with E-state index in [4.69, 9.17) is 4.74 Å². The van der Waals surface area contributed by atoms with Gasteiger partial charge in [-0.3, -0.25) is 13.9 Å². The summed E-state index contributed by atoms with van der Waals surface area (Å²) in [5, 5.41) is 2.89. The number of nitrogens with one attached hydrogen (secondary N) is 1. The van der Waals surface area contributed by atoms with Crippen LogP contribution >= 0.6 is 15.9 Å². The van der Waals surface area contributed by atoms with E-state index in [0.29, 0.717) is 12.2 Å². The SMILES string of the molecule is CC[C@@H](C)NC(=O)[C@H](C)N(Cc1ccc(Br)cc1)C(=O)CN(c1ccc(F)cc1)S(=O)(=O)c1ccc(OC)cc1. The Morgan fingerprint density at radius 2 is 1.57 bits per heavy atom. The summed E-state index contributed by atoms with van der Waals surface area (Å²) in [6, 6.07) is 16.8. The first kappa shape index (κ1) is 31.1. The third-order valence-electron chi connectivity index (χ3n) is 6.48. The minimum atomic E-state index is -4.27. The number of benzene rings is 3. The fourth-order valence-corrected chi connectivity index (χ4v) is 5.52. The summed E-state index contributed by atoms with van der Waals surface area (Å²) in [6.45, 7) is 4.86. The molecule has 2 amide bonds. The number of hydrogen-bond donors (Lipinski definition) is 1. The quantitative estimate of drug-likeness (QED) is 0.299. The number of sulfonamides is 1. The molecule has 0 aliphatic rings. The Kier molecular flexibility index (Phi) is 10.7. The first-order valence-corrected chi connectivity index (χ1v) is 15.0. The van der Waals surface area contributed by atoms with E-state index < -0.39 is 34.3 Å². The summed E-state index contributed by atoms with van der Waals surface area (Å²) in [5.74, 6) is -1.04. The molecule has 0 spiro atoms. The van der Waals surface area contributed by atoms with Crippen molar-refractivity contribution in [3.8, 4) is 5.75 Å². The van der Waals surface area contributed by atoms with Gasteiger partial charge in [0.05, 0.1) is 17.7 Å². The van der Waals surface area contributed by atoms with Crippen LogP contribution in [-0.4, -0.2) is 50.9 Å². The second-order valence-electron chi connectivity index (χ2n) is 9.31. The fraction of sp³-hybridized carbons (Fsp3) is 0.310. The van der Waals surface area contributed by atoms with E-state index >= 15 is 0 Å². The van der Waals surface area contributed by atoms with E-state index in [1.807, 2.05) is 38.1 Å². The molecule has 8 nitrogen and oxygen atoms in total. The summed E-state index contributed by atoms with van der Waals surface area (Å²) in [4.78, 5) is 28.2. The van der Waals surface area contributed by atoms with Gasteiger partial charge in [-0.2, -0.15) is 0 Å². The van der Waals surface area contributed by atoms with Crippen LogP contribution in [0.15, 0.2) is 82.2 Å². The fourth-order valence-electron chi connectivity index (χ4n) is 3.85. The van der Waals surface area contributed by atoms with E-state index in [1.165, 1.54) is 48.4 Å². The number of carbonyl (C=O) groups excluding carboxylic acids is 2. The average molecular weight is 635 g/mol. The van der Waals surface area contributed by atoms with Gasteiger partial charge in [0.25, 0.3) is 10.0 Å². The molecule has 3 rings (SSSR count). The highest BCUT2D eigenvalue weighted by atomic mass is 79.9. The summed E-state index contributed by atoms with van der Waals surface area (Å²) < 4.78 is 48.2. The average Bonchev–Trinajstić information content (AvgIpc) is 2.95. The van der Waals surface area contributed by atoms with Crippen LogP contribution in [0.3, 0.4) is 0 Å². The first-order chi connectivity index (χ1) is 19.0. The summed E-state index contributed by atoms with van der Waals surface area (Å²) in [7, 11) is -2.80. The highest BCUT2D eigenvalue weighted by Gasteiger charge is 2.32. The zero-order valence-electron chi connectivity index (χ0n) is 22.8. The van der Waals surface area contributed by atoms with E-state index in [1.54, 1.807) is 6.92 Å². The van der Waals surface area contributed by atoms with Crippen LogP contribution in [0.4, 0.5) is 10.1 Å². The van der Waals surface area contributed by atoms with Gasteiger partial charge in [0.2, 0.25) is 11.8 Å². The van der Waals surface area contributed by atoms with Gasteiger partial charge in [0, 0.05) is 17.1 Å². The molecule has 0 radical (unpaired) electrons. The summed E-state index contributed by atoms with van der Waals surface area (Å²) in [5.41, 5.74) is 0.858. The molecule has 0 saturated heterocycles. The van der Waals surface area contributed by atoms with Crippen LogP contribution in [0.1, 0.15) is 32.8 Å². The molecule has 1 N–H and O–H groups in total. The van der Waals surface area contributed by atoms with Crippen molar-refractivity contribution < 1.29 is 27.1 Å². The monoisotopic (exact) mass is 633 g/mol. The largest absolute Gasteiger partial charge is 0.497 e. The van der Waals surface area contributed by atoms with Crippen molar-refractivity contribution in [3.05, 3.63) is 88.6 Å². The van der Waals surface area contributed by atoms with Crippen molar-refractivity contribution in [2.75, 3.05) is 18.0 Å². The van der Waals surface area contributed by atoms with Gasteiger partial charge in [-0.1, -0.05) is 35.0 Å². The van der Waals surface area contributed by atoms with E-state index in [2.05, 4.69) is 21.2 Å². The van der Waals surface area contributed by atoms with Crippen molar-refractivity contribution in [2.45, 2.75) is 50.7 Å². The van der Waals surface area contributed by atoms with Gasteiger partial charge in [-0.05, 0) is 86.5 Å². The van der Waals surface area contributed by atoms with Crippen LogP contribution in [0, 0.1) is 5.82 Å². The topological polar surface area (TPSA) is 96.0 Å². The van der Waals surface area contributed by atoms with Gasteiger partial charge >= 0.3 is 0 Å². The molecular weight excluding hydrogens is 601 g/mol. The maximum Gasteiger partial charge on any atom is 0.264 e. The maximum atomic E-state index is 13.9. The Balaban J connectivity index is 2.01. The van der Waals surface area contributed by atoms with Crippen molar-refractivity contribution in [2.24, 2.45) is 0 Å². The summed E-state index contributed by atoms with van der Waals surface area (Å²) >= 11 is 3.39. The van der Waals surface area contributed by atoms with Crippen molar-refractivity contribution in [3.63, 3.8) is 0 Å². The lowest BCUT2D eigenvalue weighted by molar-refractivity contribution is -0.139. The molecule has 0 aliphatic heterocycles. The standard InChI is InChI=1S/C29H33BrFN3O5S/c1-5-20(2)32-29(36)21(3)33(18-22-6-8-23(30)9-7-22)28(35)19-34(25-12-10-24(31)11-13-25)40(37,38)27-16-14-26(39-4)15-17-27/h6-17,20-21H,5,18-19H2,1-4H3,(H,32,36)/t20-,21+/m1/s1. The number of nitrogens with zero attached hydrogens (tertiary/aromatic N) is 2. The zero-order chi connectivity index (χ0) is 29.4. The number of hydrogen-bond acceptors (Lipinski definition) is 5. The third kappa shape index (κ3) is 7.82. The highest BCUT2D eigenvalue weighted by Crippen LogP contribution is 2.26. The van der Waals surface area contributed by atoms with Crippen LogP contribution in [-0.2, 0) is 26.2 Å².